The SMILES string of the molecule is CC1(C(C)(O)C2C=CCN2)CC1. The van der Waals surface area contributed by atoms with Crippen molar-refractivity contribution in [2.24, 2.45) is 5.41 Å². The average Bonchev–Trinajstić information content (AvgIpc) is 2.59. The fraction of sp³-hybridized carbons (Fsp3) is 0.800. The molecule has 68 valence electrons. The van der Waals surface area contributed by atoms with Crippen molar-refractivity contribution in [2.75, 3.05) is 6.54 Å². The van der Waals surface area contributed by atoms with Crippen molar-refractivity contribution < 1.29 is 5.11 Å². The third kappa shape index (κ3) is 1.02. The summed E-state index contributed by atoms with van der Waals surface area (Å²) < 4.78 is 0. The third-order valence-electron chi connectivity index (χ3n) is 3.61. The molecule has 2 atom stereocenters. The predicted molar refractivity (Wildman–Crippen MR) is 48.9 cm³/mol. The molecule has 0 bridgehead atoms. The summed E-state index contributed by atoms with van der Waals surface area (Å²) in [5, 5.41) is 13.6. The molecule has 12 heavy (non-hydrogen) atoms. The molecule has 1 saturated carbocycles. The van der Waals surface area contributed by atoms with Crippen LogP contribution in [0, 0.1) is 5.41 Å². The van der Waals surface area contributed by atoms with Crippen molar-refractivity contribution in [1.82, 2.24) is 5.32 Å². The Bertz CT molecular complexity index is 216. The minimum atomic E-state index is -0.569. The lowest BCUT2D eigenvalue weighted by Gasteiger charge is -2.35. The van der Waals surface area contributed by atoms with Crippen LogP contribution in [-0.4, -0.2) is 23.3 Å². The first-order valence-corrected chi connectivity index (χ1v) is 4.69. The average molecular weight is 167 g/mol. The molecule has 1 aliphatic heterocycles. The molecule has 0 aromatic carbocycles. The zero-order chi connectivity index (χ0) is 8.82. The zero-order valence-electron chi connectivity index (χ0n) is 7.80. The molecule has 0 amide bonds. The second-order valence-corrected chi connectivity index (χ2v) is 4.52. The van der Waals surface area contributed by atoms with Crippen LogP contribution >= 0.6 is 0 Å². The third-order valence-corrected chi connectivity index (χ3v) is 3.61. The summed E-state index contributed by atoms with van der Waals surface area (Å²) in [6.45, 7) is 5.02. The molecule has 2 heteroatoms. The van der Waals surface area contributed by atoms with Crippen LogP contribution in [-0.2, 0) is 0 Å². The molecule has 0 spiro atoms. The van der Waals surface area contributed by atoms with Crippen LogP contribution in [0.5, 0.6) is 0 Å². The quantitative estimate of drug-likeness (QED) is 0.603. The first-order valence-electron chi connectivity index (χ1n) is 4.69. The van der Waals surface area contributed by atoms with E-state index in [2.05, 4.69) is 24.4 Å². The molecule has 2 rings (SSSR count). The molecule has 2 N–H and O–H groups in total. The van der Waals surface area contributed by atoms with Gasteiger partial charge in [0.1, 0.15) is 0 Å². The minimum Gasteiger partial charge on any atom is -0.388 e. The topological polar surface area (TPSA) is 32.3 Å². The number of rotatable bonds is 2. The Kier molecular flexibility index (Phi) is 1.61. The summed E-state index contributed by atoms with van der Waals surface area (Å²) >= 11 is 0. The van der Waals surface area contributed by atoms with Gasteiger partial charge in [0.05, 0.1) is 11.6 Å². The van der Waals surface area contributed by atoms with Crippen LogP contribution < -0.4 is 5.32 Å². The van der Waals surface area contributed by atoms with E-state index >= 15 is 0 Å². The van der Waals surface area contributed by atoms with E-state index in [1.54, 1.807) is 0 Å². The van der Waals surface area contributed by atoms with Crippen molar-refractivity contribution >= 4 is 0 Å². The maximum atomic E-state index is 10.3. The Balaban J connectivity index is 2.14. The Hall–Kier alpha value is -0.340. The highest BCUT2D eigenvalue weighted by molar-refractivity contribution is 5.17. The van der Waals surface area contributed by atoms with Gasteiger partial charge in [-0.25, -0.2) is 0 Å². The van der Waals surface area contributed by atoms with E-state index < -0.39 is 5.60 Å². The van der Waals surface area contributed by atoms with Crippen molar-refractivity contribution in [2.45, 2.75) is 38.3 Å². The van der Waals surface area contributed by atoms with Crippen LogP contribution in [0.3, 0.4) is 0 Å². The fourth-order valence-corrected chi connectivity index (χ4v) is 1.92. The van der Waals surface area contributed by atoms with Gasteiger partial charge >= 0.3 is 0 Å². The Morgan fingerprint density at radius 2 is 2.25 bits per heavy atom. The Morgan fingerprint density at radius 3 is 2.67 bits per heavy atom. The Labute approximate surface area is 73.7 Å². The van der Waals surface area contributed by atoms with E-state index in [0.29, 0.717) is 0 Å². The molecule has 0 saturated heterocycles. The molecule has 1 heterocycles. The Morgan fingerprint density at radius 1 is 1.58 bits per heavy atom. The highest BCUT2D eigenvalue weighted by atomic mass is 16.3. The lowest BCUT2D eigenvalue weighted by atomic mass is 9.81. The van der Waals surface area contributed by atoms with Gasteiger partial charge in [-0.2, -0.15) is 0 Å². The molecule has 1 fully saturated rings. The number of nitrogens with one attached hydrogen (secondary N) is 1. The number of aliphatic hydroxyl groups is 1. The van der Waals surface area contributed by atoms with Crippen LogP contribution in [0.25, 0.3) is 0 Å². The van der Waals surface area contributed by atoms with E-state index in [0.717, 1.165) is 19.4 Å². The van der Waals surface area contributed by atoms with Crippen molar-refractivity contribution in [1.29, 1.82) is 0 Å². The highest BCUT2D eigenvalue weighted by Crippen LogP contribution is 2.55. The van der Waals surface area contributed by atoms with Crippen LogP contribution in [0.1, 0.15) is 26.7 Å². The van der Waals surface area contributed by atoms with Crippen LogP contribution in [0.15, 0.2) is 12.2 Å². The van der Waals surface area contributed by atoms with Gasteiger partial charge in [-0.1, -0.05) is 19.1 Å². The monoisotopic (exact) mass is 167 g/mol. The minimum absolute atomic E-state index is 0.152. The van der Waals surface area contributed by atoms with E-state index in [4.69, 9.17) is 0 Å². The number of hydrogen-bond donors (Lipinski definition) is 2. The first kappa shape index (κ1) is 8.27. The fourth-order valence-electron chi connectivity index (χ4n) is 1.92. The second-order valence-electron chi connectivity index (χ2n) is 4.52. The molecule has 0 aromatic heterocycles. The van der Waals surface area contributed by atoms with Gasteiger partial charge in [0, 0.05) is 6.54 Å². The van der Waals surface area contributed by atoms with Gasteiger partial charge in [0.15, 0.2) is 0 Å². The smallest absolute Gasteiger partial charge is 0.0860 e. The maximum Gasteiger partial charge on any atom is 0.0860 e. The van der Waals surface area contributed by atoms with Gasteiger partial charge in [-0.15, -0.1) is 0 Å². The van der Waals surface area contributed by atoms with Crippen LogP contribution in [0.4, 0.5) is 0 Å². The summed E-state index contributed by atoms with van der Waals surface area (Å²) in [5.74, 6) is 0. The summed E-state index contributed by atoms with van der Waals surface area (Å²) in [6, 6.07) is 0.157. The highest BCUT2D eigenvalue weighted by Gasteiger charge is 2.55. The van der Waals surface area contributed by atoms with Gasteiger partial charge < -0.3 is 10.4 Å². The van der Waals surface area contributed by atoms with E-state index in [-0.39, 0.29) is 11.5 Å². The van der Waals surface area contributed by atoms with E-state index in [1.807, 2.05) is 6.92 Å². The summed E-state index contributed by atoms with van der Waals surface area (Å²) in [5.41, 5.74) is -0.417. The summed E-state index contributed by atoms with van der Waals surface area (Å²) in [7, 11) is 0. The molecular formula is C10H17NO. The standard InChI is InChI=1S/C10H17NO/c1-9(5-6-9)10(2,12)8-4-3-7-11-8/h3-4,8,11-12H,5-7H2,1-2H3. The zero-order valence-corrected chi connectivity index (χ0v) is 7.80. The lowest BCUT2D eigenvalue weighted by molar-refractivity contribution is -0.0252. The maximum absolute atomic E-state index is 10.3. The van der Waals surface area contributed by atoms with Gasteiger partial charge in [-0.05, 0) is 25.2 Å². The molecular weight excluding hydrogens is 150 g/mol. The van der Waals surface area contributed by atoms with Gasteiger partial charge in [0.25, 0.3) is 0 Å². The van der Waals surface area contributed by atoms with Crippen molar-refractivity contribution in [3.05, 3.63) is 12.2 Å². The first-order chi connectivity index (χ1) is 5.56. The number of hydrogen-bond acceptors (Lipinski definition) is 2. The van der Waals surface area contributed by atoms with Gasteiger partial charge in [0.2, 0.25) is 0 Å². The molecule has 0 aromatic rings. The summed E-state index contributed by atoms with van der Waals surface area (Å²) in [4.78, 5) is 0. The van der Waals surface area contributed by atoms with Crippen LogP contribution in [0.2, 0.25) is 0 Å². The molecule has 0 radical (unpaired) electrons. The second kappa shape index (κ2) is 2.33. The largest absolute Gasteiger partial charge is 0.388 e. The summed E-state index contributed by atoms with van der Waals surface area (Å²) in [6.07, 6.45) is 6.49. The predicted octanol–water partition coefficient (Wildman–Crippen LogP) is 1.07. The van der Waals surface area contributed by atoms with E-state index in [1.165, 1.54) is 0 Å². The molecule has 2 unspecified atom stereocenters. The lowest BCUT2D eigenvalue weighted by Crippen LogP contribution is -2.50. The molecule has 1 aliphatic carbocycles. The van der Waals surface area contributed by atoms with Crippen molar-refractivity contribution in [3.63, 3.8) is 0 Å². The van der Waals surface area contributed by atoms with Crippen molar-refractivity contribution in [3.8, 4) is 0 Å². The van der Waals surface area contributed by atoms with E-state index in [9.17, 15) is 5.11 Å². The normalized spacial score (nSPS) is 36.4. The van der Waals surface area contributed by atoms with Gasteiger partial charge in [-0.3, -0.25) is 0 Å². The molecule has 2 aliphatic rings. The molecule has 2 nitrogen and oxygen atoms in total.